The first-order chi connectivity index (χ1) is 19.6. The molecule has 0 heterocycles. The second-order valence-corrected chi connectivity index (χ2v) is 11.6. The lowest BCUT2D eigenvalue weighted by atomic mass is 10.1. The molecule has 0 aliphatic rings. The van der Waals surface area contributed by atoms with Gasteiger partial charge in [-0.1, -0.05) is 37.6 Å². The number of sulfonamides is 1. The molecule has 3 aromatic carbocycles. The van der Waals surface area contributed by atoms with Crippen molar-refractivity contribution in [2.75, 3.05) is 24.0 Å². The van der Waals surface area contributed by atoms with Gasteiger partial charge in [-0.05, 0) is 86.0 Å². The van der Waals surface area contributed by atoms with Crippen LogP contribution < -0.4 is 14.4 Å². The smallest absolute Gasteiger partial charge is 0.264 e. The molecule has 0 saturated carbocycles. The van der Waals surface area contributed by atoms with Crippen LogP contribution in [0.5, 0.6) is 5.75 Å². The number of rotatable bonds is 14. The molecule has 1 N–H and O–H groups in total. The maximum Gasteiger partial charge on any atom is 0.264 e. The number of nitrogens with one attached hydrogen (secondary N) is 1. The van der Waals surface area contributed by atoms with Crippen molar-refractivity contribution in [2.24, 2.45) is 0 Å². The molecule has 220 valence electrons. The topological polar surface area (TPSA) is 96.0 Å². The summed E-state index contributed by atoms with van der Waals surface area (Å²) in [5, 5.41) is 3.36. The highest BCUT2D eigenvalue weighted by Crippen LogP contribution is 2.27. The number of carbonyl (C=O) groups excluding carboxylic acids is 2. The third-order valence-electron chi connectivity index (χ3n) is 6.32. The Morgan fingerprint density at radius 2 is 1.59 bits per heavy atom. The summed E-state index contributed by atoms with van der Waals surface area (Å²) in [5.41, 5.74) is 0.930. The first-order valence-electron chi connectivity index (χ1n) is 13.4. The average Bonchev–Trinajstić information content (AvgIpc) is 2.96. The maximum atomic E-state index is 14.0. The van der Waals surface area contributed by atoms with Gasteiger partial charge in [-0.15, -0.1) is 0 Å². The predicted molar refractivity (Wildman–Crippen MR) is 158 cm³/mol. The van der Waals surface area contributed by atoms with Crippen molar-refractivity contribution in [2.45, 2.75) is 51.1 Å². The maximum absolute atomic E-state index is 14.0. The largest absolute Gasteiger partial charge is 0.494 e. The Labute approximate surface area is 246 Å². The zero-order valence-electron chi connectivity index (χ0n) is 23.3. The van der Waals surface area contributed by atoms with Crippen molar-refractivity contribution >= 4 is 39.1 Å². The molecule has 0 bridgehead atoms. The van der Waals surface area contributed by atoms with Crippen molar-refractivity contribution in [3.63, 3.8) is 0 Å². The van der Waals surface area contributed by atoms with Gasteiger partial charge in [-0.25, -0.2) is 12.8 Å². The number of benzene rings is 3. The number of halogens is 2. The quantitative estimate of drug-likeness (QED) is 0.266. The Kier molecular flexibility index (Phi) is 11.5. The number of anilines is 1. The van der Waals surface area contributed by atoms with Crippen molar-refractivity contribution in [1.82, 2.24) is 10.2 Å². The van der Waals surface area contributed by atoms with E-state index in [0.717, 1.165) is 40.6 Å². The Morgan fingerprint density at radius 1 is 0.951 bits per heavy atom. The van der Waals surface area contributed by atoms with Crippen LogP contribution in [0.4, 0.5) is 10.1 Å². The van der Waals surface area contributed by atoms with E-state index in [9.17, 15) is 22.4 Å². The van der Waals surface area contributed by atoms with Gasteiger partial charge in [0.05, 0.1) is 17.2 Å². The van der Waals surface area contributed by atoms with E-state index in [-0.39, 0.29) is 23.0 Å². The van der Waals surface area contributed by atoms with Crippen LogP contribution in [-0.4, -0.2) is 50.9 Å². The number of hydrogen-bond acceptors (Lipinski definition) is 5. The molecule has 0 aliphatic carbocycles. The SMILES string of the molecule is CCCNC(=O)[C@@H](CC)N(Cc1ccc(Cl)cc1)C(=O)CN(c1ccc(OCC)cc1)S(=O)(=O)c1ccc(F)cc1. The third kappa shape index (κ3) is 8.43. The molecule has 11 heteroatoms. The zero-order chi connectivity index (χ0) is 30.0. The molecule has 0 fully saturated rings. The fourth-order valence-electron chi connectivity index (χ4n) is 4.21. The second kappa shape index (κ2) is 14.8. The summed E-state index contributed by atoms with van der Waals surface area (Å²) in [7, 11) is -4.31. The van der Waals surface area contributed by atoms with Gasteiger partial charge in [0.2, 0.25) is 11.8 Å². The minimum atomic E-state index is -4.31. The molecule has 1 atom stereocenters. The standard InChI is InChI=1S/C30H35ClFN3O5S/c1-4-19-33-30(37)28(5-2)34(20-22-7-9-23(31)10-8-22)29(36)21-35(25-13-15-26(16-14-25)40-6-3)41(38,39)27-17-11-24(32)12-18-27/h7-18,28H,4-6,19-21H2,1-3H3,(H,33,37)/t28-/m1/s1. The van der Waals surface area contributed by atoms with Crippen LogP contribution in [0.15, 0.2) is 77.7 Å². The Morgan fingerprint density at radius 3 is 2.15 bits per heavy atom. The van der Waals surface area contributed by atoms with E-state index in [1.54, 1.807) is 43.3 Å². The first-order valence-corrected chi connectivity index (χ1v) is 15.2. The Bertz CT molecular complexity index is 1400. The van der Waals surface area contributed by atoms with E-state index in [2.05, 4.69) is 5.32 Å². The number of hydrogen-bond donors (Lipinski definition) is 1. The summed E-state index contributed by atoms with van der Waals surface area (Å²) in [6.07, 6.45) is 1.03. The molecule has 41 heavy (non-hydrogen) atoms. The van der Waals surface area contributed by atoms with Crippen LogP contribution in [0.25, 0.3) is 0 Å². The Hall–Kier alpha value is -3.63. The van der Waals surface area contributed by atoms with Gasteiger partial charge in [-0.3, -0.25) is 13.9 Å². The van der Waals surface area contributed by atoms with Gasteiger partial charge in [0.1, 0.15) is 24.2 Å². The molecule has 3 aromatic rings. The number of amides is 2. The van der Waals surface area contributed by atoms with Crippen LogP contribution >= 0.6 is 11.6 Å². The average molecular weight is 604 g/mol. The highest BCUT2D eigenvalue weighted by atomic mass is 35.5. The molecule has 0 saturated heterocycles. The zero-order valence-corrected chi connectivity index (χ0v) is 24.9. The van der Waals surface area contributed by atoms with E-state index in [4.69, 9.17) is 16.3 Å². The molecule has 0 spiro atoms. The van der Waals surface area contributed by atoms with Gasteiger partial charge in [0.25, 0.3) is 10.0 Å². The fraction of sp³-hybridized carbons (Fsp3) is 0.333. The number of ether oxygens (including phenoxy) is 1. The molecular weight excluding hydrogens is 569 g/mol. The molecular formula is C30H35ClFN3O5S. The van der Waals surface area contributed by atoms with Gasteiger partial charge in [0.15, 0.2) is 0 Å². The van der Waals surface area contributed by atoms with E-state index in [0.29, 0.717) is 30.3 Å². The molecule has 3 rings (SSSR count). The summed E-state index contributed by atoms with van der Waals surface area (Å²) in [5.74, 6) is -0.973. The summed E-state index contributed by atoms with van der Waals surface area (Å²) in [4.78, 5) is 28.3. The van der Waals surface area contributed by atoms with Crippen LogP contribution in [0.1, 0.15) is 39.2 Å². The van der Waals surface area contributed by atoms with Crippen molar-refractivity contribution in [3.05, 3.63) is 89.2 Å². The number of carbonyl (C=O) groups is 2. The van der Waals surface area contributed by atoms with Gasteiger partial charge >= 0.3 is 0 Å². The predicted octanol–water partition coefficient (Wildman–Crippen LogP) is 5.41. The van der Waals surface area contributed by atoms with E-state index in [1.807, 2.05) is 13.8 Å². The summed E-state index contributed by atoms with van der Waals surface area (Å²) in [6, 6.07) is 16.7. The molecule has 8 nitrogen and oxygen atoms in total. The van der Waals surface area contributed by atoms with Gasteiger partial charge in [-0.2, -0.15) is 0 Å². The third-order valence-corrected chi connectivity index (χ3v) is 8.36. The van der Waals surface area contributed by atoms with Crippen LogP contribution in [0.3, 0.4) is 0 Å². The van der Waals surface area contributed by atoms with Crippen LogP contribution in [-0.2, 0) is 26.2 Å². The van der Waals surface area contributed by atoms with Gasteiger partial charge in [0, 0.05) is 18.1 Å². The van der Waals surface area contributed by atoms with Crippen LogP contribution in [0, 0.1) is 5.82 Å². The van der Waals surface area contributed by atoms with Crippen LogP contribution in [0.2, 0.25) is 5.02 Å². The lowest BCUT2D eigenvalue weighted by Crippen LogP contribution is -2.52. The molecule has 0 unspecified atom stereocenters. The normalized spacial score (nSPS) is 11.9. The van der Waals surface area contributed by atoms with Gasteiger partial charge < -0.3 is 15.0 Å². The molecule has 0 radical (unpaired) electrons. The lowest BCUT2D eigenvalue weighted by molar-refractivity contribution is -0.140. The van der Waals surface area contributed by atoms with Crippen molar-refractivity contribution in [1.29, 1.82) is 0 Å². The minimum Gasteiger partial charge on any atom is -0.494 e. The van der Waals surface area contributed by atoms with E-state index >= 15 is 0 Å². The highest BCUT2D eigenvalue weighted by Gasteiger charge is 2.33. The number of nitrogens with zero attached hydrogens (tertiary/aromatic N) is 2. The molecule has 0 aliphatic heterocycles. The summed E-state index contributed by atoms with van der Waals surface area (Å²) >= 11 is 6.04. The molecule has 0 aromatic heterocycles. The molecule has 2 amide bonds. The Balaban J connectivity index is 2.04. The summed E-state index contributed by atoms with van der Waals surface area (Å²) < 4.78 is 47.7. The second-order valence-electron chi connectivity index (χ2n) is 9.26. The summed E-state index contributed by atoms with van der Waals surface area (Å²) in [6.45, 7) is 5.86. The lowest BCUT2D eigenvalue weighted by Gasteiger charge is -2.33. The first kappa shape index (κ1) is 31.9. The monoisotopic (exact) mass is 603 g/mol. The minimum absolute atomic E-state index is 0.0573. The van der Waals surface area contributed by atoms with E-state index < -0.39 is 34.3 Å². The van der Waals surface area contributed by atoms with E-state index in [1.165, 1.54) is 17.0 Å². The fourth-order valence-corrected chi connectivity index (χ4v) is 5.75. The highest BCUT2D eigenvalue weighted by molar-refractivity contribution is 7.92. The van der Waals surface area contributed by atoms with Crippen molar-refractivity contribution in [3.8, 4) is 5.75 Å². The van der Waals surface area contributed by atoms with Crippen molar-refractivity contribution < 1.29 is 27.1 Å².